The zero-order valence-corrected chi connectivity index (χ0v) is 15.9. The summed E-state index contributed by atoms with van der Waals surface area (Å²) in [6, 6.07) is 9.42. The van der Waals surface area contributed by atoms with Crippen LogP contribution in [0.15, 0.2) is 55.1 Å². The van der Waals surface area contributed by atoms with Crippen LogP contribution in [0.2, 0.25) is 0 Å². The van der Waals surface area contributed by atoms with E-state index in [4.69, 9.17) is 4.74 Å². The summed E-state index contributed by atoms with van der Waals surface area (Å²) in [5.41, 5.74) is 1.94. The van der Waals surface area contributed by atoms with E-state index in [1.54, 1.807) is 36.4 Å². The lowest BCUT2D eigenvalue weighted by Crippen LogP contribution is -2.10. The van der Waals surface area contributed by atoms with Gasteiger partial charge in [-0.25, -0.2) is 8.42 Å². The van der Waals surface area contributed by atoms with Gasteiger partial charge in [0.15, 0.2) is 5.78 Å². The molecule has 0 heterocycles. The van der Waals surface area contributed by atoms with Crippen LogP contribution in [-0.2, 0) is 16.4 Å². The van der Waals surface area contributed by atoms with E-state index in [0.717, 1.165) is 6.26 Å². The molecule has 2 aromatic carbocycles. The Morgan fingerprint density at radius 3 is 2.67 bits per heavy atom. The molecule has 0 aliphatic rings. The number of allylic oxidation sites excluding steroid dienone is 2. The van der Waals surface area contributed by atoms with E-state index in [-0.39, 0.29) is 11.5 Å². The third kappa shape index (κ3) is 5.72. The first-order valence-electron chi connectivity index (χ1n) is 8.04. The summed E-state index contributed by atoms with van der Waals surface area (Å²) in [6.07, 6.45) is 6.14. The zero-order valence-electron chi connectivity index (χ0n) is 15.1. The molecule has 0 unspecified atom stereocenters. The molecule has 0 bridgehead atoms. The second-order valence-electron chi connectivity index (χ2n) is 5.87. The van der Waals surface area contributed by atoms with Crippen LogP contribution < -0.4 is 9.46 Å². The molecule has 2 rings (SSSR count). The average Bonchev–Trinajstić information content (AvgIpc) is 2.60. The van der Waals surface area contributed by atoms with E-state index in [1.165, 1.54) is 25.3 Å². The van der Waals surface area contributed by atoms with Gasteiger partial charge in [0.2, 0.25) is 10.0 Å². The highest BCUT2D eigenvalue weighted by Gasteiger charge is 2.09. The maximum absolute atomic E-state index is 12.4. The first kappa shape index (κ1) is 20.3. The fraction of sp³-hybridized carbons (Fsp3) is 0.150. The molecule has 0 aromatic heterocycles. The molecule has 0 atom stereocenters. The quantitative estimate of drug-likeness (QED) is 0.411. The standard InChI is InChI=1S/C20H21NO5S/c1-4-6-14-11-16(20(26-2)13-19(14)23)9-10-18(22)15-7-5-8-17(12-15)21-27(3,24)25/h4-5,7-13,21,23H,1,6H2,2-3H3/b10-9+. The van der Waals surface area contributed by atoms with Crippen LogP contribution in [0.4, 0.5) is 5.69 Å². The second kappa shape index (κ2) is 8.55. The van der Waals surface area contributed by atoms with Crippen LogP contribution in [0.25, 0.3) is 6.08 Å². The number of phenols is 1. The summed E-state index contributed by atoms with van der Waals surface area (Å²) in [5, 5.41) is 9.98. The number of carbonyl (C=O) groups excluding carboxylic acids is 1. The molecule has 0 amide bonds. The average molecular weight is 387 g/mol. The first-order valence-corrected chi connectivity index (χ1v) is 9.93. The summed E-state index contributed by atoms with van der Waals surface area (Å²) in [7, 11) is -1.95. The Kier molecular flexibility index (Phi) is 6.41. The minimum Gasteiger partial charge on any atom is -0.508 e. The minimum atomic E-state index is -3.43. The van der Waals surface area contributed by atoms with Gasteiger partial charge in [0.25, 0.3) is 0 Å². The monoisotopic (exact) mass is 387 g/mol. The van der Waals surface area contributed by atoms with Crippen LogP contribution >= 0.6 is 0 Å². The second-order valence-corrected chi connectivity index (χ2v) is 7.62. The molecule has 2 aromatic rings. The predicted octanol–water partition coefficient (Wildman–Crippen LogP) is 3.40. The van der Waals surface area contributed by atoms with Crippen molar-refractivity contribution in [2.45, 2.75) is 6.42 Å². The molecular formula is C20H21NO5S. The van der Waals surface area contributed by atoms with Gasteiger partial charge in [-0.3, -0.25) is 9.52 Å². The maximum Gasteiger partial charge on any atom is 0.229 e. The highest BCUT2D eigenvalue weighted by molar-refractivity contribution is 7.92. The van der Waals surface area contributed by atoms with Crippen molar-refractivity contribution in [2.24, 2.45) is 0 Å². The van der Waals surface area contributed by atoms with Crippen molar-refractivity contribution in [3.63, 3.8) is 0 Å². The van der Waals surface area contributed by atoms with E-state index >= 15 is 0 Å². The summed E-state index contributed by atoms with van der Waals surface area (Å²) in [6.45, 7) is 3.65. The van der Waals surface area contributed by atoms with Gasteiger partial charge < -0.3 is 9.84 Å². The molecule has 27 heavy (non-hydrogen) atoms. The Bertz CT molecular complexity index is 993. The van der Waals surface area contributed by atoms with Gasteiger partial charge in [0.05, 0.1) is 13.4 Å². The van der Waals surface area contributed by atoms with Crippen LogP contribution in [0.1, 0.15) is 21.5 Å². The molecule has 6 nitrogen and oxygen atoms in total. The zero-order chi connectivity index (χ0) is 20.0. The van der Waals surface area contributed by atoms with E-state index in [0.29, 0.717) is 34.5 Å². The van der Waals surface area contributed by atoms with Crippen molar-refractivity contribution >= 4 is 27.6 Å². The molecule has 0 radical (unpaired) electrons. The van der Waals surface area contributed by atoms with Crippen molar-refractivity contribution in [2.75, 3.05) is 18.1 Å². The number of hydrogen-bond donors (Lipinski definition) is 2. The van der Waals surface area contributed by atoms with Crippen LogP contribution in [0.5, 0.6) is 11.5 Å². The number of aromatic hydroxyl groups is 1. The number of phenolic OH excluding ortho intramolecular Hbond substituents is 1. The predicted molar refractivity (Wildman–Crippen MR) is 107 cm³/mol. The summed E-state index contributed by atoms with van der Waals surface area (Å²) in [5.74, 6) is 0.221. The molecular weight excluding hydrogens is 366 g/mol. The Morgan fingerprint density at radius 2 is 2.04 bits per heavy atom. The van der Waals surface area contributed by atoms with Gasteiger partial charge in [-0.2, -0.15) is 0 Å². The molecule has 0 aliphatic heterocycles. The van der Waals surface area contributed by atoms with E-state index in [1.807, 2.05) is 0 Å². The van der Waals surface area contributed by atoms with E-state index in [2.05, 4.69) is 11.3 Å². The van der Waals surface area contributed by atoms with Crippen molar-refractivity contribution < 1.29 is 23.1 Å². The molecule has 0 spiro atoms. The molecule has 0 saturated carbocycles. The lowest BCUT2D eigenvalue weighted by Gasteiger charge is -2.09. The number of benzene rings is 2. The SMILES string of the molecule is C=CCc1cc(/C=C/C(=O)c2cccc(NS(C)(=O)=O)c2)c(OC)cc1O. The van der Waals surface area contributed by atoms with Gasteiger partial charge in [-0.05, 0) is 42.3 Å². The molecule has 7 heteroatoms. The Hall–Kier alpha value is -3.06. The van der Waals surface area contributed by atoms with Crippen LogP contribution in [-0.4, -0.2) is 32.7 Å². The Labute approximate surface area is 158 Å². The summed E-state index contributed by atoms with van der Waals surface area (Å²) < 4.78 is 30.2. The highest BCUT2D eigenvalue weighted by Crippen LogP contribution is 2.30. The lowest BCUT2D eigenvalue weighted by atomic mass is 10.0. The Balaban J connectivity index is 2.30. The number of hydrogen-bond acceptors (Lipinski definition) is 5. The fourth-order valence-electron chi connectivity index (χ4n) is 2.47. The summed E-state index contributed by atoms with van der Waals surface area (Å²) >= 11 is 0. The number of methoxy groups -OCH3 is 1. The topological polar surface area (TPSA) is 92.7 Å². The van der Waals surface area contributed by atoms with Gasteiger partial charge in [0, 0.05) is 22.9 Å². The lowest BCUT2D eigenvalue weighted by molar-refractivity contribution is 0.104. The maximum atomic E-state index is 12.4. The smallest absolute Gasteiger partial charge is 0.229 e. The molecule has 0 fully saturated rings. The fourth-order valence-corrected chi connectivity index (χ4v) is 3.03. The number of rotatable bonds is 8. The largest absolute Gasteiger partial charge is 0.508 e. The normalized spacial score (nSPS) is 11.3. The van der Waals surface area contributed by atoms with Crippen molar-refractivity contribution in [3.8, 4) is 11.5 Å². The number of ketones is 1. The number of carbonyl (C=O) groups is 1. The van der Waals surface area contributed by atoms with Crippen LogP contribution in [0.3, 0.4) is 0 Å². The molecule has 0 saturated heterocycles. The van der Waals surface area contributed by atoms with Gasteiger partial charge >= 0.3 is 0 Å². The highest BCUT2D eigenvalue weighted by atomic mass is 32.2. The van der Waals surface area contributed by atoms with Gasteiger partial charge in [-0.1, -0.05) is 18.2 Å². The number of sulfonamides is 1. The molecule has 0 aliphatic carbocycles. The summed E-state index contributed by atoms with van der Waals surface area (Å²) in [4.78, 5) is 12.4. The van der Waals surface area contributed by atoms with Crippen LogP contribution in [0, 0.1) is 0 Å². The number of anilines is 1. The molecule has 142 valence electrons. The third-order valence-electron chi connectivity index (χ3n) is 3.66. The van der Waals surface area contributed by atoms with Crippen molar-refractivity contribution in [1.29, 1.82) is 0 Å². The number of ether oxygens (including phenoxy) is 1. The van der Waals surface area contributed by atoms with Gasteiger partial charge in [0.1, 0.15) is 11.5 Å². The van der Waals surface area contributed by atoms with Gasteiger partial charge in [-0.15, -0.1) is 6.58 Å². The number of nitrogens with one attached hydrogen (secondary N) is 1. The molecule has 2 N–H and O–H groups in total. The Morgan fingerprint density at radius 1 is 1.30 bits per heavy atom. The van der Waals surface area contributed by atoms with Crippen molar-refractivity contribution in [3.05, 3.63) is 71.8 Å². The van der Waals surface area contributed by atoms with E-state index < -0.39 is 10.0 Å². The van der Waals surface area contributed by atoms with Crippen molar-refractivity contribution in [1.82, 2.24) is 0 Å². The first-order chi connectivity index (χ1) is 12.7. The minimum absolute atomic E-state index is 0.0924. The van der Waals surface area contributed by atoms with E-state index in [9.17, 15) is 18.3 Å². The third-order valence-corrected chi connectivity index (χ3v) is 4.27.